The lowest BCUT2D eigenvalue weighted by molar-refractivity contribution is 0.451. The van der Waals surface area contributed by atoms with Gasteiger partial charge in [-0.1, -0.05) is 26.7 Å². The quantitative estimate of drug-likeness (QED) is 0.778. The second-order valence-electron chi connectivity index (χ2n) is 3.84. The number of aryl methyl sites for hydroxylation is 1. The molecular weight excluding hydrogens is 206 g/mol. The molecule has 1 N–H and O–H groups in total. The molecule has 15 heavy (non-hydrogen) atoms. The smallest absolute Gasteiger partial charge is 0.131 e. The van der Waals surface area contributed by atoms with Crippen molar-refractivity contribution in [3.05, 3.63) is 10.0 Å². The zero-order valence-electron chi connectivity index (χ0n) is 9.92. The van der Waals surface area contributed by atoms with E-state index in [1.54, 1.807) is 11.3 Å². The molecule has 0 fully saturated rings. The number of unbranched alkanes of at least 4 members (excludes halogenated alkanes) is 1. The largest absolute Gasteiger partial charge is 0.308 e. The first kappa shape index (κ1) is 12.6. The van der Waals surface area contributed by atoms with Crippen molar-refractivity contribution < 1.29 is 0 Å². The summed E-state index contributed by atoms with van der Waals surface area (Å²) in [4.78, 5) is 0. The minimum atomic E-state index is 0.633. The monoisotopic (exact) mass is 227 g/mol. The van der Waals surface area contributed by atoms with E-state index in [9.17, 15) is 0 Å². The van der Waals surface area contributed by atoms with Crippen LogP contribution in [0.3, 0.4) is 0 Å². The molecule has 4 heteroatoms. The van der Waals surface area contributed by atoms with Crippen molar-refractivity contribution >= 4 is 11.3 Å². The van der Waals surface area contributed by atoms with Crippen LogP contribution < -0.4 is 5.32 Å². The van der Waals surface area contributed by atoms with E-state index in [1.165, 1.54) is 25.7 Å². The molecule has 0 aliphatic heterocycles. The molecule has 0 aliphatic carbocycles. The summed E-state index contributed by atoms with van der Waals surface area (Å²) in [7, 11) is 0. The van der Waals surface area contributed by atoms with Crippen LogP contribution in [0.4, 0.5) is 0 Å². The Morgan fingerprint density at radius 3 is 2.67 bits per heavy atom. The molecule has 3 nitrogen and oxygen atoms in total. The summed E-state index contributed by atoms with van der Waals surface area (Å²) >= 11 is 1.68. The normalized spacial score (nSPS) is 13.0. The predicted molar refractivity (Wildman–Crippen MR) is 65.1 cm³/mol. The number of aromatic nitrogens is 2. The highest BCUT2D eigenvalue weighted by atomic mass is 32.1. The first-order valence-electron chi connectivity index (χ1n) is 5.78. The lowest BCUT2D eigenvalue weighted by atomic mass is 10.1. The average molecular weight is 227 g/mol. The van der Waals surface area contributed by atoms with Crippen molar-refractivity contribution in [2.24, 2.45) is 0 Å². The molecule has 1 aromatic heterocycles. The number of nitrogens with zero attached hydrogens (tertiary/aromatic N) is 2. The zero-order valence-corrected chi connectivity index (χ0v) is 10.7. The maximum absolute atomic E-state index is 4.11. The van der Waals surface area contributed by atoms with Gasteiger partial charge in [0.05, 0.1) is 0 Å². The first-order chi connectivity index (χ1) is 7.26. The van der Waals surface area contributed by atoms with Crippen LogP contribution in [0.5, 0.6) is 0 Å². The van der Waals surface area contributed by atoms with Crippen LogP contribution in [0.1, 0.15) is 49.5 Å². The van der Waals surface area contributed by atoms with Crippen LogP contribution in [0.25, 0.3) is 0 Å². The van der Waals surface area contributed by atoms with Gasteiger partial charge >= 0.3 is 0 Å². The van der Waals surface area contributed by atoms with Gasteiger partial charge in [0.15, 0.2) is 0 Å². The van der Waals surface area contributed by atoms with Gasteiger partial charge in [0.1, 0.15) is 10.0 Å². The van der Waals surface area contributed by atoms with Gasteiger partial charge in [0.25, 0.3) is 0 Å². The van der Waals surface area contributed by atoms with Crippen molar-refractivity contribution in [3.63, 3.8) is 0 Å². The first-order valence-corrected chi connectivity index (χ1v) is 6.60. The molecule has 1 atom stereocenters. The van der Waals surface area contributed by atoms with E-state index in [1.807, 2.05) is 6.92 Å². The van der Waals surface area contributed by atoms with Crippen molar-refractivity contribution in [1.82, 2.24) is 15.5 Å². The van der Waals surface area contributed by atoms with Crippen LogP contribution in [0, 0.1) is 6.92 Å². The molecule has 86 valence electrons. The Balaban J connectivity index is 2.27. The number of rotatable bonds is 7. The molecule has 1 unspecified atom stereocenters. The second kappa shape index (κ2) is 6.90. The summed E-state index contributed by atoms with van der Waals surface area (Å²) in [5, 5.41) is 13.8. The van der Waals surface area contributed by atoms with Gasteiger partial charge in [-0.05, 0) is 19.8 Å². The maximum Gasteiger partial charge on any atom is 0.131 e. The van der Waals surface area contributed by atoms with E-state index < -0.39 is 0 Å². The van der Waals surface area contributed by atoms with Crippen molar-refractivity contribution in [1.29, 1.82) is 0 Å². The highest BCUT2D eigenvalue weighted by Crippen LogP contribution is 2.09. The Morgan fingerprint density at radius 2 is 2.13 bits per heavy atom. The molecule has 0 amide bonds. The summed E-state index contributed by atoms with van der Waals surface area (Å²) in [6.07, 6.45) is 5.04. The average Bonchev–Trinajstić information content (AvgIpc) is 2.65. The molecule has 0 bridgehead atoms. The Labute approximate surface area is 96.3 Å². The van der Waals surface area contributed by atoms with E-state index >= 15 is 0 Å². The van der Waals surface area contributed by atoms with Gasteiger partial charge < -0.3 is 5.32 Å². The third kappa shape index (κ3) is 4.71. The van der Waals surface area contributed by atoms with Crippen LogP contribution in [0.2, 0.25) is 0 Å². The van der Waals surface area contributed by atoms with Crippen molar-refractivity contribution in [3.8, 4) is 0 Å². The molecule has 0 saturated heterocycles. The highest BCUT2D eigenvalue weighted by Gasteiger charge is 2.06. The Morgan fingerprint density at radius 1 is 1.33 bits per heavy atom. The maximum atomic E-state index is 4.11. The lowest BCUT2D eigenvalue weighted by Crippen LogP contribution is -2.27. The van der Waals surface area contributed by atoms with Crippen molar-refractivity contribution in [2.45, 2.75) is 59.0 Å². The second-order valence-corrected chi connectivity index (χ2v) is 5.11. The van der Waals surface area contributed by atoms with Gasteiger partial charge in [-0.3, -0.25) is 0 Å². The molecule has 0 saturated carbocycles. The van der Waals surface area contributed by atoms with Crippen molar-refractivity contribution in [2.75, 3.05) is 0 Å². The summed E-state index contributed by atoms with van der Waals surface area (Å²) in [6, 6.07) is 0.633. The van der Waals surface area contributed by atoms with Crippen LogP contribution in [-0.4, -0.2) is 16.2 Å². The topological polar surface area (TPSA) is 37.8 Å². The Bertz CT molecular complexity index is 273. The SMILES string of the molecule is CCCCC(CC)NCc1nnc(C)s1. The van der Waals surface area contributed by atoms with E-state index in [0.29, 0.717) is 6.04 Å². The van der Waals surface area contributed by atoms with Gasteiger partial charge in [-0.15, -0.1) is 21.5 Å². The fourth-order valence-electron chi connectivity index (χ4n) is 1.54. The van der Waals surface area contributed by atoms with Crippen LogP contribution in [0.15, 0.2) is 0 Å². The molecule has 1 heterocycles. The van der Waals surface area contributed by atoms with E-state index in [0.717, 1.165) is 16.6 Å². The lowest BCUT2D eigenvalue weighted by Gasteiger charge is -2.15. The molecule has 0 aromatic carbocycles. The van der Waals surface area contributed by atoms with Gasteiger partial charge in [0, 0.05) is 12.6 Å². The predicted octanol–water partition coefficient (Wildman–Crippen LogP) is 2.90. The van der Waals surface area contributed by atoms with E-state index in [2.05, 4.69) is 29.4 Å². The molecule has 0 radical (unpaired) electrons. The van der Waals surface area contributed by atoms with Gasteiger partial charge in [-0.25, -0.2) is 0 Å². The van der Waals surface area contributed by atoms with Gasteiger partial charge in [-0.2, -0.15) is 0 Å². The summed E-state index contributed by atoms with van der Waals surface area (Å²) < 4.78 is 0. The fraction of sp³-hybridized carbons (Fsp3) is 0.818. The minimum Gasteiger partial charge on any atom is -0.308 e. The highest BCUT2D eigenvalue weighted by molar-refractivity contribution is 7.11. The molecular formula is C11H21N3S. The third-order valence-corrected chi connectivity index (χ3v) is 3.35. The molecule has 1 aromatic rings. The standard InChI is InChI=1S/C11H21N3S/c1-4-6-7-10(5-2)12-8-11-14-13-9(3)15-11/h10,12H,4-8H2,1-3H3. The van der Waals surface area contributed by atoms with Crippen LogP contribution in [-0.2, 0) is 6.54 Å². The number of nitrogens with one attached hydrogen (secondary N) is 1. The number of hydrogen-bond acceptors (Lipinski definition) is 4. The van der Waals surface area contributed by atoms with E-state index in [4.69, 9.17) is 0 Å². The van der Waals surface area contributed by atoms with Crippen LogP contribution >= 0.6 is 11.3 Å². The fourth-order valence-corrected chi connectivity index (χ4v) is 2.20. The Hall–Kier alpha value is -0.480. The minimum absolute atomic E-state index is 0.633. The molecule has 0 aliphatic rings. The third-order valence-electron chi connectivity index (χ3n) is 2.51. The summed E-state index contributed by atoms with van der Waals surface area (Å²) in [5.74, 6) is 0. The zero-order chi connectivity index (χ0) is 11.1. The van der Waals surface area contributed by atoms with Gasteiger partial charge in [0.2, 0.25) is 0 Å². The number of hydrogen-bond donors (Lipinski definition) is 1. The molecule has 1 rings (SSSR count). The molecule has 0 spiro atoms. The Kier molecular flexibility index (Phi) is 5.79. The summed E-state index contributed by atoms with van der Waals surface area (Å²) in [6.45, 7) is 7.34. The summed E-state index contributed by atoms with van der Waals surface area (Å²) in [5.41, 5.74) is 0. The van der Waals surface area contributed by atoms with E-state index in [-0.39, 0.29) is 0 Å².